The molecule has 2 atom stereocenters. The summed E-state index contributed by atoms with van der Waals surface area (Å²) in [5.41, 5.74) is 10.6. The van der Waals surface area contributed by atoms with Crippen molar-refractivity contribution in [1.82, 2.24) is 20.5 Å². The fourth-order valence-corrected chi connectivity index (χ4v) is 4.66. The Morgan fingerprint density at radius 2 is 1.38 bits per heavy atom. The highest BCUT2D eigenvalue weighted by atomic mass is 15.9. The van der Waals surface area contributed by atoms with Gasteiger partial charge in [-0.15, -0.1) is 0 Å². The van der Waals surface area contributed by atoms with Gasteiger partial charge in [-0.3, -0.25) is 4.90 Å². The van der Waals surface area contributed by atoms with E-state index in [1.807, 2.05) is 0 Å². The van der Waals surface area contributed by atoms with E-state index in [1.54, 1.807) is 0 Å². The van der Waals surface area contributed by atoms with Crippen LogP contribution in [0.15, 0.2) is 0 Å². The number of rotatable bonds is 13. The van der Waals surface area contributed by atoms with E-state index in [0.29, 0.717) is 18.1 Å². The molecule has 0 aromatic heterocycles. The van der Waals surface area contributed by atoms with Gasteiger partial charge in [-0.2, -0.15) is 5.12 Å². The maximum absolute atomic E-state index is 7.16. The quantitative estimate of drug-likeness (QED) is 0.380. The Bertz CT molecular complexity index is 397. The van der Waals surface area contributed by atoms with Crippen molar-refractivity contribution in [2.45, 2.75) is 124 Å². The molecule has 1 fully saturated rings. The molecule has 26 heavy (non-hydrogen) atoms. The lowest BCUT2D eigenvalue weighted by atomic mass is 10.1. The second-order valence-corrected chi connectivity index (χ2v) is 9.03. The standard InChI is InChI=1S/C21H47N5/c1-10-13-20(16-21(20,22)24(14-11-2)15-12-3)26(23-17(4)5)25(18(6)7)19(8)9/h17-19,23H,10-16,22H2,1-9H3. The largest absolute Gasteiger partial charge is 0.311 e. The summed E-state index contributed by atoms with van der Waals surface area (Å²) in [6.07, 6.45) is 5.59. The molecule has 3 N–H and O–H groups in total. The van der Waals surface area contributed by atoms with Gasteiger partial charge < -0.3 is 5.73 Å². The molecule has 1 saturated carbocycles. The molecule has 156 valence electrons. The summed E-state index contributed by atoms with van der Waals surface area (Å²) in [7, 11) is 0. The van der Waals surface area contributed by atoms with Crippen LogP contribution in [0.2, 0.25) is 0 Å². The average Bonchev–Trinajstić information content (AvgIpc) is 3.12. The maximum Gasteiger partial charge on any atom is 0.0926 e. The second kappa shape index (κ2) is 9.83. The maximum atomic E-state index is 7.16. The number of hydrogen-bond acceptors (Lipinski definition) is 5. The van der Waals surface area contributed by atoms with E-state index in [2.05, 4.69) is 82.8 Å². The molecule has 0 aromatic carbocycles. The average molecular weight is 370 g/mol. The normalized spacial score (nSPS) is 26.3. The van der Waals surface area contributed by atoms with Crippen LogP contribution >= 0.6 is 0 Å². The van der Waals surface area contributed by atoms with Gasteiger partial charge in [0.1, 0.15) is 0 Å². The summed E-state index contributed by atoms with van der Waals surface area (Å²) in [5, 5.41) is 4.95. The van der Waals surface area contributed by atoms with Gasteiger partial charge in [0.05, 0.1) is 11.2 Å². The molecule has 0 aromatic rings. The molecule has 1 aliphatic rings. The van der Waals surface area contributed by atoms with Crippen LogP contribution in [0, 0.1) is 0 Å². The summed E-state index contributed by atoms with van der Waals surface area (Å²) >= 11 is 0. The lowest BCUT2D eigenvalue weighted by molar-refractivity contribution is -0.173. The number of nitrogens with two attached hydrogens (primary N) is 1. The molecule has 2 unspecified atom stereocenters. The van der Waals surface area contributed by atoms with Crippen LogP contribution in [0.4, 0.5) is 0 Å². The zero-order chi connectivity index (χ0) is 20.1. The van der Waals surface area contributed by atoms with Crippen molar-refractivity contribution in [1.29, 1.82) is 0 Å². The van der Waals surface area contributed by atoms with Crippen molar-refractivity contribution < 1.29 is 0 Å². The molecular formula is C21H47N5. The third-order valence-electron chi connectivity index (χ3n) is 5.53. The Balaban J connectivity index is 3.32. The van der Waals surface area contributed by atoms with Gasteiger partial charge in [-0.05, 0) is 73.9 Å². The Labute approximate surface area is 163 Å². The zero-order valence-corrected chi connectivity index (χ0v) is 19.1. The SMILES string of the molecule is CCCN(CCC)C1(N)CC1(CCC)N(NC(C)C)N(C(C)C)C(C)C. The van der Waals surface area contributed by atoms with Gasteiger partial charge in [-0.1, -0.05) is 27.2 Å². The topological polar surface area (TPSA) is 47.8 Å². The Kier molecular flexibility index (Phi) is 9.01. The van der Waals surface area contributed by atoms with Crippen molar-refractivity contribution in [2.24, 2.45) is 5.73 Å². The van der Waals surface area contributed by atoms with E-state index in [-0.39, 0.29) is 11.2 Å². The molecular weight excluding hydrogens is 322 g/mol. The molecule has 0 spiro atoms. The van der Waals surface area contributed by atoms with Gasteiger partial charge in [0.15, 0.2) is 0 Å². The minimum atomic E-state index is -0.251. The Morgan fingerprint density at radius 1 is 0.885 bits per heavy atom. The van der Waals surface area contributed by atoms with Crippen LogP contribution in [0.1, 0.15) is 94.4 Å². The molecule has 0 saturated heterocycles. The predicted octanol–water partition coefficient (Wildman–Crippen LogP) is 3.95. The zero-order valence-electron chi connectivity index (χ0n) is 19.1. The first-order valence-corrected chi connectivity index (χ1v) is 11.0. The summed E-state index contributed by atoms with van der Waals surface area (Å²) in [4.78, 5) is 2.55. The first kappa shape index (κ1) is 23.8. The molecule has 0 amide bonds. The van der Waals surface area contributed by atoms with E-state index >= 15 is 0 Å². The third kappa shape index (κ3) is 4.79. The fraction of sp³-hybridized carbons (Fsp3) is 1.00. The number of nitrogens with zero attached hydrogens (tertiary/aromatic N) is 3. The van der Waals surface area contributed by atoms with Crippen LogP contribution in [0.3, 0.4) is 0 Å². The van der Waals surface area contributed by atoms with Gasteiger partial charge in [0, 0.05) is 24.5 Å². The molecule has 1 rings (SSSR count). The molecule has 0 bridgehead atoms. The summed E-state index contributed by atoms with van der Waals surface area (Å²) in [6, 6.07) is 1.22. The van der Waals surface area contributed by atoms with Crippen molar-refractivity contribution in [3.05, 3.63) is 0 Å². The number of hydrogen-bond donors (Lipinski definition) is 2. The molecule has 0 aliphatic heterocycles. The van der Waals surface area contributed by atoms with Crippen molar-refractivity contribution in [3.8, 4) is 0 Å². The highest BCUT2D eigenvalue weighted by Gasteiger charge is 2.71. The third-order valence-corrected chi connectivity index (χ3v) is 5.53. The Hall–Kier alpha value is -0.200. The first-order valence-electron chi connectivity index (χ1n) is 11.0. The van der Waals surface area contributed by atoms with Crippen molar-refractivity contribution in [2.75, 3.05) is 13.1 Å². The first-order chi connectivity index (χ1) is 12.1. The van der Waals surface area contributed by atoms with Crippen LogP contribution in [0.5, 0.6) is 0 Å². The molecule has 0 heterocycles. The lowest BCUT2D eigenvalue weighted by Crippen LogP contribution is -2.68. The highest BCUT2D eigenvalue weighted by molar-refractivity contribution is 5.25. The van der Waals surface area contributed by atoms with Gasteiger partial charge in [0.25, 0.3) is 0 Å². The van der Waals surface area contributed by atoms with Crippen molar-refractivity contribution >= 4 is 0 Å². The molecule has 0 radical (unpaired) electrons. The summed E-state index contributed by atoms with van der Waals surface area (Å²) < 4.78 is 0. The van der Waals surface area contributed by atoms with Crippen LogP contribution in [0.25, 0.3) is 0 Å². The fourth-order valence-electron chi connectivity index (χ4n) is 4.66. The van der Waals surface area contributed by atoms with E-state index in [4.69, 9.17) is 5.73 Å². The number of hydrazine groups is 2. The number of nitrogens with one attached hydrogen (secondary N) is 1. The smallest absolute Gasteiger partial charge is 0.0926 e. The van der Waals surface area contributed by atoms with Crippen LogP contribution in [-0.2, 0) is 0 Å². The lowest BCUT2D eigenvalue weighted by Gasteiger charge is -2.49. The highest BCUT2D eigenvalue weighted by Crippen LogP contribution is 2.56. The molecule has 5 nitrogen and oxygen atoms in total. The van der Waals surface area contributed by atoms with Gasteiger partial charge in [-0.25, -0.2) is 10.4 Å². The van der Waals surface area contributed by atoms with Crippen LogP contribution < -0.4 is 11.2 Å². The minimum Gasteiger partial charge on any atom is -0.311 e. The summed E-state index contributed by atoms with van der Waals surface area (Å²) in [5.74, 6) is 0. The van der Waals surface area contributed by atoms with E-state index < -0.39 is 0 Å². The van der Waals surface area contributed by atoms with Crippen molar-refractivity contribution in [3.63, 3.8) is 0 Å². The summed E-state index contributed by atoms with van der Waals surface area (Å²) in [6.45, 7) is 22.5. The Morgan fingerprint density at radius 3 is 1.73 bits per heavy atom. The molecule has 1 aliphatic carbocycles. The van der Waals surface area contributed by atoms with E-state index in [9.17, 15) is 0 Å². The second-order valence-electron chi connectivity index (χ2n) is 9.03. The minimum absolute atomic E-state index is 0.0368. The van der Waals surface area contributed by atoms with Gasteiger partial charge >= 0.3 is 0 Å². The van der Waals surface area contributed by atoms with Crippen LogP contribution in [-0.4, -0.2) is 57.4 Å². The van der Waals surface area contributed by atoms with Gasteiger partial charge in [0.2, 0.25) is 0 Å². The monoisotopic (exact) mass is 369 g/mol. The molecule has 5 heteroatoms. The predicted molar refractivity (Wildman–Crippen MR) is 114 cm³/mol. The van der Waals surface area contributed by atoms with E-state index in [0.717, 1.165) is 45.2 Å². The van der Waals surface area contributed by atoms with E-state index in [1.165, 1.54) is 0 Å².